The smallest absolute Gasteiger partial charge is 0.163 e. The van der Waals surface area contributed by atoms with Crippen LogP contribution >= 0.6 is 0 Å². The molecule has 140 valence electrons. The first-order chi connectivity index (χ1) is 14.3. The summed E-state index contributed by atoms with van der Waals surface area (Å²) in [4.78, 5) is 13.6. The Balaban J connectivity index is 1.62. The van der Waals surface area contributed by atoms with E-state index >= 15 is 0 Å². The summed E-state index contributed by atoms with van der Waals surface area (Å²) in [7, 11) is 1.87. The van der Waals surface area contributed by atoms with Crippen LogP contribution in [0.15, 0.2) is 79.3 Å². The SMILES string of the molecule is CNc1nc(-c2cccnc2)nc2ccc(-c3cccc(-c4cc[nH]n4)c3)cc12. The lowest BCUT2D eigenvalue weighted by molar-refractivity contribution is 1.10. The zero-order chi connectivity index (χ0) is 19.6. The zero-order valence-electron chi connectivity index (χ0n) is 15.8. The molecule has 0 aliphatic rings. The van der Waals surface area contributed by atoms with Gasteiger partial charge in [0.1, 0.15) is 5.82 Å². The molecule has 0 radical (unpaired) electrons. The molecule has 6 nitrogen and oxygen atoms in total. The van der Waals surface area contributed by atoms with Crippen LogP contribution < -0.4 is 5.32 Å². The second kappa shape index (κ2) is 7.16. The summed E-state index contributed by atoms with van der Waals surface area (Å²) >= 11 is 0. The van der Waals surface area contributed by atoms with Gasteiger partial charge in [-0.25, -0.2) is 9.97 Å². The minimum atomic E-state index is 0.656. The van der Waals surface area contributed by atoms with E-state index in [1.807, 2.05) is 43.6 Å². The first-order valence-electron chi connectivity index (χ1n) is 9.32. The molecule has 0 aliphatic heterocycles. The number of pyridine rings is 1. The number of anilines is 1. The minimum absolute atomic E-state index is 0.656. The topological polar surface area (TPSA) is 79.4 Å². The van der Waals surface area contributed by atoms with Crippen LogP contribution in [0.3, 0.4) is 0 Å². The van der Waals surface area contributed by atoms with Gasteiger partial charge in [0.05, 0.1) is 11.2 Å². The number of benzene rings is 2. The predicted molar refractivity (Wildman–Crippen MR) is 115 cm³/mol. The van der Waals surface area contributed by atoms with E-state index in [0.29, 0.717) is 5.82 Å². The third kappa shape index (κ3) is 3.21. The molecule has 5 aromatic rings. The minimum Gasteiger partial charge on any atom is -0.373 e. The molecule has 0 aliphatic carbocycles. The maximum absolute atomic E-state index is 4.74. The largest absolute Gasteiger partial charge is 0.373 e. The molecule has 3 heterocycles. The van der Waals surface area contributed by atoms with Gasteiger partial charge < -0.3 is 5.32 Å². The van der Waals surface area contributed by atoms with Gasteiger partial charge in [-0.05, 0) is 47.5 Å². The molecule has 5 rings (SSSR count). The Morgan fingerprint density at radius 1 is 0.828 bits per heavy atom. The average molecular weight is 378 g/mol. The summed E-state index contributed by atoms with van der Waals surface area (Å²) in [5.74, 6) is 1.45. The van der Waals surface area contributed by atoms with E-state index in [-0.39, 0.29) is 0 Å². The van der Waals surface area contributed by atoms with E-state index in [9.17, 15) is 0 Å². The van der Waals surface area contributed by atoms with Crippen LogP contribution in [0.2, 0.25) is 0 Å². The number of aromatic amines is 1. The van der Waals surface area contributed by atoms with Crippen LogP contribution in [0.25, 0.3) is 44.7 Å². The maximum atomic E-state index is 4.74. The summed E-state index contributed by atoms with van der Waals surface area (Å²) in [6.45, 7) is 0. The molecular formula is C23H18N6. The van der Waals surface area contributed by atoms with Crippen LogP contribution in [0.5, 0.6) is 0 Å². The highest BCUT2D eigenvalue weighted by Crippen LogP contribution is 2.31. The normalized spacial score (nSPS) is 10.9. The molecule has 0 saturated carbocycles. The number of H-pyrrole nitrogens is 1. The standard InChI is InChI=1S/C23H18N6/c1-24-23-19-13-16(15-4-2-5-17(12-15)20-9-11-26-29-20)7-8-21(19)27-22(28-23)18-6-3-10-25-14-18/h2-14H,1H3,(H,26,29)(H,24,27,28). The first kappa shape index (κ1) is 17.1. The Hall–Kier alpha value is -4.06. The summed E-state index contributed by atoms with van der Waals surface area (Å²) in [6, 6.07) is 20.4. The third-order valence-corrected chi connectivity index (χ3v) is 4.84. The maximum Gasteiger partial charge on any atom is 0.163 e. The van der Waals surface area contributed by atoms with Gasteiger partial charge in [0, 0.05) is 42.2 Å². The van der Waals surface area contributed by atoms with E-state index in [1.54, 1.807) is 12.4 Å². The number of rotatable bonds is 4. The van der Waals surface area contributed by atoms with E-state index < -0.39 is 0 Å². The molecule has 6 heteroatoms. The van der Waals surface area contributed by atoms with Crippen LogP contribution in [-0.2, 0) is 0 Å². The molecule has 0 bridgehead atoms. The van der Waals surface area contributed by atoms with Crippen molar-refractivity contribution in [1.29, 1.82) is 0 Å². The summed E-state index contributed by atoms with van der Waals surface area (Å²) in [5.41, 5.74) is 5.99. The molecule has 0 amide bonds. The number of nitrogens with one attached hydrogen (secondary N) is 2. The summed E-state index contributed by atoms with van der Waals surface area (Å²) in [6.07, 6.45) is 5.34. The Morgan fingerprint density at radius 3 is 2.48 bits per heavy atom. The Bertz CT molecular complexity index is 1280. The fourth-order valence-electron chi connectivity index (χ4n) is 3.40. The van der Waals surface area contributed by atoms with Crippen LogP contribution in [0, 0.1) is 0 Å². The molecule has 0 unspecified atom stereocenters. The number of hydrogen-bond acceptors (Lipinski definition) is 5. The number of nitrogens with zero attached hydrogens (tertiary/aromatic N) is 4. The third-order valence-electron chi connectivity index (χ3n) is 4.84. The summed E-state index contributed by atoms with van der Waals surface area (Å²) in [5, 5.41) is 11.3. The molecule has 29 heavy (non-hydrogen) atoms. The molecule has 0 fully saturated rings. The van der Waals surface area contributed by atoms with E-state index in [1.165, 1.54) is 0 Å². The molecule has 2 N–H and O–H groups in total. The lowest BCUT2D eigenvalue weighted by atomic mass is 10.00. The van der Waals surface area contributed by atoms with Crippen LogP contribution in [0.1, 0.15) is 0 Å². The molecular weight excluding hydrogens is 360 g/mol. The Morgan fingerprint density at radius 2 is 1.69 bits per heavy atom. The van der Waals surface area contributed by atoms with Crippen molar-refractivity contribution in [2.24, 2.45) is 0 Å². The Kier molecular flexibility index (Phi) is 4.22. The van der Waals surface area contributed by atoms with Crippen molar-refractivity contribution in [2.75, 3.05) is 12.4 Å². The van der Waals surface area contributed by atoms with E-state index in [4.69, 9.17) is 9.97 Å². The van der Waals surface area contributed by atoms with Gasteiger partial charge in [-0.15, -0.1) is 0 Å². The van der Waals surface area contributed by atoms with Crippen molar-refractivity contribution >= 4 is 16.7 Å². The van der Waals surface area contributed by atoms with Gasteiger partial charge in [-0.2, -0.15) is 5.10 Å². The highest BCUT2D eigenvalue weighted by atomic mass is 15.1. The van der Waals surface area contributed by atoms with Gasteiger partial charge in [-0.3, -0.25) is 10.1 Å². The highest BCUT2D eigenvalue weighted by molar-refractivity contribution is 5.94. The van der Waals surface area contributed by atoms with Crippen molar-refractivity contribution in [3.05, 3.63) is 79.3 Å². The van der Waals surface area contributed by atoms with Crippen molar-refractivity contribution < 1.29 is 0 Å². The zero-order valence-corrected chi connectivity index (χ0v) is 15.8. The van der Waals surface area contributed by atoms with Crippen LogP contribution in [-0.4, -0.2) is 32.2 Å². The van der Waals surface area contributed by atoms with Gasteiger partial charge >= 0.3 is 0 Å². The average Bonchev–Trinajstić information content (AvgIpc) is 3.34. The van der Waals surface area contributed by atoms with Crippen molar-refractivity contribution in [3.63, 3.8) is 0 Å². The molecule has 0 saturated heterocycles. The van der Waals surface area contributed by atoms with Gasteiger partial charge in [0.15, 0.2) is 5.82 Å². The second-order valence-corrected chi connectivity index (χ2v) is 6.66. The van der Waals surface area contributed by atoms with Gasteiger partial charge in [0.2, 0.25) is 0 Å². The fraction of sp³-hybridized carbons (Fsp3) is 0.0435. The monoisotopic (exact) mass is 378 g/mol. The van der Waals surface area contributed by atoms with Crippen molar-refractivity contribution in [3.8, 4) is 33.8 Å². The molecule has 3 aromatic heterocycles. The van der Waals surface area contributed by atoms with Crippen molar-refractivity contribution in [1.82, 2.24) is 25.1 Å². The second-order valence-electron chi connectivity index (χ2n) is 6.66. The van der Waals surface area contributed by atoms with Gasteiger partial charge in [0.25, 0.3) is 0 Å². The quantitative estimate of drug-likeness (QED) is 0.470. The van der Waals surface area contributed by atoms with Crippen molar-refractivity contribution in [2.45, 2.75) is 0 Å². The number of fused-ring (bicyclic) bond motifs is 1. The lowest BCUT2D eigenvalue weighted by Crippen LogP contribution is -1.99. The highest BCUT2D eigenvalue weighted by Gasteiger charge is 2.11. The molecule has 0 spiro atoms. The fourth-order valence-corrected chi connectivity index (χ4v) is 3.40. The Labute approximate surface area is 167 Å². The van der Waals surface area contributed by atoms with E-state index in [2.05, 4.69) is 50.8 Å². The predicted octanol–water partition coefficient (Wildman–Crippen LogP) is 4.79. The van der Waals surface area contributed by atoms with Gasteiger partial charge in [-0.1, -0.05) is 24.3 Å². The number of aromatic nitrogens is 5. The molecule has 2 aromatic carbocycles. The number of hydrogen-bond donors (Lipinski definition) is 2. The first-order valence-corrected chi connectivity index (χ1v) is 9.32. The lowest BCUT2D eigenvalue weighted by Gasteiger charge is -2.10. The molecule has 0 atom stereocenters. The van der Waals surface area contributed by atoms with Crippen LogP contribution in [0.4, 0.5) is 5.82 Å². The van der Waals surface area contributed by atoms with E-state index in [0.717, 1.165) is 44.7 Å². The summed E-state index contributed by atoms with van der Waals surface area (Å²) < 4.78 is 0.